The summed E-state index contributed by atoms with van der Waals surface area (Å²) in [4.78, 5) is 10.4. The normalized spacial score (nSPS) is 17.4. The van der Waals surface area contributed by atoms with E-state index in [2.05, 4.69) is 32.0 Å². The summed E-state index contributed by atoms with van der Waals surface area (Å²) in [7, 11) is 7.75. The van der Waals surface area contributed by atoms with E-state index in [1.165, 1.54) is 0 Å². The van der Waals surface area contributed by atoms with Gasteiger partial charge in [-0.05, 0) is 77.8 Å². The number of nitrogens with two attached hydrogens (primary N) is 1. The van der Waals surface area contributed by atoms with Crippen LogP contribution in [0.3, 0.4) is 0 Å². The highest BCUT2D eigenvalue weighted by Gasteiger charge is 2.17. The van der Waals surface area contributed by atoms with Gasteiger partial charge in [-0.15, -0.1) is 12.4 Å². The van der Waals surface area contributed by atoms with Crippen molar-refractivity contribution in [2.75, 3.05) is 67.5 Å². The van der Waals surface area contributed by atoms with Gasteiger partial charge in [-0.25, -0.2) is 14.5 Å². The highest BCUT2D eigenvalue weighted by atomic mass is 35.5. The van der Waals surface area contributed by atoms with E-state index in [0.717, 1.165) is 88.7 Å². The SMILES string of the molecule is CN(C)/C=C(\Cl)C=[N+](C)C.Cl.Clc1cnc(C2CCNCC2)nc1.F.N#CC1CCNCC1.N=C(N)C1CCNCC1.[2HH]. The molecule has 0 unspecified atom stereocenters. The first-order valence-corrected chi connectivity index (χ1v) is 14.8. The molecule has 0 radical (unpaired) electrons. The first kappa shape index (κ1) is 42.1. The molecule has 42 heavy (non-hydrogen) atoms. The molecule has 6 N–H and O–H groups in total. The number of halogens is 4. The molecule has 0 atom stereocenters. The third kappa shape index (κ3) is 20.8. The number of allylic oxidation sites excluding steroid dienone is 1. The molecule has 0 spiro atoms. The molecule has 0 amide bonds. The Kier molecular flexibility index (Phi) is 25.5. The monoisotopic (exact) mass is 654 g/mol. The summed E-state index contributed by atoms with van der Waals surface area (Å²) in [5.74, 6) is 2.49. The van der Waals surface area contributed by atoms with E-state index in [1.807, 2.05) is 50.1 Å². The molecule has 0 bridgehead atoms. The Balaban J connectivity index is -0.000000493. The van der Waals surface area contributed by atoms with Crippen LogP contribution in [0.15, 0.2) is 23.6 Å². The summed E-state index contributed by atoms with van der Waals surface area (Å²) in [6.07, 6.45) is 13.4. The van der Waals surface area contributed by atoms with Crippen LogP contribution in [0.1, 0.15) is 51.7 Å². The highest BCUT2D eigenvalue weighted by Crippen LogP contribution is 2.21. The number of rotatable bonds is 4. The molecule has 0 aliphatic carbocycles. The fraction of sp³-hybridized carbons (Fsp3) is 0.679. The van der Waals surface area contributed by atoms with Crippen molar-refractivity contribution < 1.29 is 10.7 Å². The van der Waals surface area contributed by atoms with Gasteiger partial charge in [0.2, 0.25) is 0 Å². The van der Waals surface area contributed by atoms with E-state index in [-0.39, 0.29) is 18.5 Å². The number of nitriles is 1. The summed E-state index contributed by atoms with van der Waals surface area (Å²) < 4.78 is 1.91. The Morgan fingerprint density at radius 2 is 1.48 bits per heavy atom. The molecular formula is C28H53Cl3FN10+. The van der Waals surface area contributed by atoms with Crippen LogP contribution in [0.25, 0.3) is 0 Å². The van der Waals surface area contributed by atoms with E-state index in [9.17, 15) is 0 Å². The zero-order chi connectivity index (χ0) is 29.8. The number of aromatic nitrogens is 2. The molecule has 3 aliphatic heterocycles. The number of piperidine rings is 3. The Morgan fingerprint density at radius 3 is 1.83 bits per heavy atom. The molecule has 10 nitrogen and oxygen atoms in total. The maximum absolute atomic E-state index is 8.41. The van der Waals surface area contributed by atoms with Crippen LogP contribution in [0, 0.1) is 28.6 Å². The third-order valence-corrected chi connectivity index (χ3v) is 6.80. The lowest BCUT2D eigenvalue weighted by Gasteiger charge is -2.20. The summed E-state index contributed by atoms with van der Waals surface area (Å²) in [6, 6.07) is 2.26. The van der Waals surface area contributed by atoms with Crippen molar-refractivity contribution in [3.8, 4) is 6.07 Å². The van der Waals surface area contributed by atoms with Crippen LogP contribution >= 0.6 is 35.6 Å². The minimum Gasteiger partial charge on any atom is -0.387 e. The van der Waals surface area contributed by atoms with Crippen LogP contribution in [-0.2, 0) is 0 Å². The van der Waals surface area contributed by atoms with E-state index in [4.69, 9.17) is 39.6 Å². The topological polar surface area (TPSA) is 142 Å². The van der Waals surface area contributed by atoms with Crippen LogP contribution in [0.4, 0.5) is 4.70 Å². The minimum atomic E-state index is 0. The average Bonchev–Trinajstić information content (AvgIpc) is 2.95. The predicted molar refractivity (Wildman–Crippen MR) is 178 cm³/mol. The zero-order valence-electron chi connectivity index (χ0n) is 25.4. The van der Waals surface area contributed by atoms with Gasteiger partial charge >= 0.3 is 0 Å². The van der Waals surface area contributed by atoms with Gasteiger partial charge in [0.25, 0.3) is 0 Å². The molecule has 1 aromatic rings. The zero-order valence-corrected chi connectivity index (χ0v) is 27.7. The van der Waals surface area contributed by atoms with Gasteiger partial charge in [0.15, 0.2) is 6.21 Å². The molecular weight excluding hydrogens is 602 g/mol. The van der Waals surface area contributed by atoms with E-state index >= 15 is 0 Å². The van der Waals surface area contributed by atoms with Crippen LogP contribution in [0.2, 0.25) is 5.02 Å². The maximum atomic E-state index is 8.41. The molecule has 14 heteroatoms. The molecule has 1 aromatic heterocycles. The number of hydrogen-bond acceptors (Lipinski definition) is 8. The van der Waals surface area contributed by atoms with Crippen molar-refractivity contribution in [2.45, 2.75) is 44.4 Å². The molecule has 4 heterocycles. The first-order chi connectivity index (χ1) is 19.1. The maximum Gasteiger partial charge on any atom is 0.183 e. The van der Waals surface area contributed by atoms with Gasteiger partial charge in [-0.3, -0.25) is 10.1 Å². The fourth-order valence-electron chi connectivity index (χ4n) is 4.22. The Morgan fingerprint density at radius 1 is 1.02 bits per heavy atom. The summed E-state index contributed by atoms with van der Waals surface area (Å²) >= 11 is 11.5. The second kappa shape index (κ2) is 25.4. The molecule has 0 saturated carbocycles. The van der Waals surface area contributed by atoms with Gasteiger partial charge in [0.05, 0.1) is 16.9 Å². The van der Waals surface area contributed by atoms with Gasteiger partial charge in [-0.2, -0.15) is 5.26 Å². The molecule has 0 aromatic carbocycles. The molecule has 3 fully saturated rings. The fourth-order valence-corrected chi connectivity index (χ4v) is 4.71. The molecule has 242 valence electrons. The Labute approximate surface area is 269 Å². The summed E-state index contributed by atoms with van der Waals surface area (Å²) in [6.45, 7) is 6.22. The van der Waals surface area contributed by atoms with Crippen molar-refractivity contribution in [3.63, 3.8) is 0 Å². The Bertz CT molecular complexity index is 939. The lowest BCUT2D eigenvalue weighted by molar-refractivity contribution is -0.458. The number of nitrogens with zero attached hydrogens (tertiary/aromatic N) is 5. The number of amidine groups is 1. The average molecular weight is 656 g/mol. The van der Waals surface area contributed by atoms with E-state index in [0.29, 0.717) is 28.6 Å². The Hall–Kier alpha value is -2.07. The van der Waals surface area contributed by atoms with E-state index < -0.39 is 0 Å². The van der Waals surface area contributed by atoms with Gasteiger partial charge in [0.1, 0.15) is 25.0 Å². The minimum absolute atomic E-state index is 0. The smallest absolute Gasteiger partial charge is 0.183 e. The molecule has 3 aliphatic rings. The quantitative estimate of drug-likeness (QED) is 0.187. The van der Waals surface area contributed by atoms with Crippen molar-refractivity contribution in [1.82, 2.24) is 30.8 Å². The molecule has 3 saturated heterocycles. The number of hydrogen-bond donors (Lipinski definition) is 5. The predicted octanol–water partition coefficient (Wildman–Crippen LogP) is 3.82. The van der Waals surface area contributed by atoms with Gasteiger partial charge < -0.3 is 26.6 Å². The van der Waals surface area contributed by atoms with E-state index in [1.54, 1.807) is 12.4 Å². The largest absolute Gasteiger partial charge is 0.387 e. The summed E-state index contributed by atoms with van der Waals surface area (Å²) in [5, 5.41) is 26.6. The second-order valence-electron chi connectivity index (χ2n) is 10.5. The summed E-state index contributed by atoms with van der Waals surface area (Å²) in [5.41, 5.74) is 5.32. The van der Waals surface area contributed by atoms with Gasteiger partial charge in [-0.1, -0.05) is 23.2 Å². The second-order valence-corrected chi connectivity index (χ2v) is 11.4. The number of nitrogens with one attached hydrogen (secondary N) is 4. The van der Waals surface area contributed by atoms with Crippen molar-refractivity contribution in [1.29, 1.82) is 10.7 Å². The lowest BCUT2D eigenvalue weighted by atomic mass is 9.97. The molecule has 4 rings (SSSR count). The third-order valence-electron chi connectivity index (χ3n) is 6.41. The van der Waals surface area contributed by atoms with Crippen LogP contribution in [0.5, 0.6) is 0 Å². The van der Waals surface area contributed by atoms with Crippen molar-refractivity contribution in [3.05, 3.63) is 34.5 Å². The standard InChI is InChI=1S/C9H12ClN3.C7H14ClN2.C6H13N3.C6H10N2.ClH.FH.H2/c10-8-5-12-9(13-6-8)7-1-3-11-4-2-7;1-9(2)5-7(8)6-10(3)4;7-6(8)5-1-3-9-4-2-5;7-5-6-1-3-8-4-2-6;;;/h5-7,11H,1-4H2;5-6H,1-4H3;5,9H,1-4H2,(H3,7,8);6,8H,1-4H2;3*1H/q;+1;;;;;/i;;;;;;1+1. The highest BCUT2D eigenvalue weighted by molar-refractivity contribution is 6.38. The van der Waals surface area contributed by atoms with Crippen LogP contribution < -0.4 is 21.7 Å². The van der Waals surface area contributed by atoms with Crippen molar-refractivity contribution in [2.24, 2.45) is 17.6 Å². The van der Waals surface area contributed by atoms with Gasteiger partial charge in [0, 0.05) is 51.9 Å². The van der Waals surface area contributed by atoms with Crippen LogP contribution in [-0.4, -0.2) is 99.0 Å². The van der Waals surface area contributed by atoms with Crippen molar-refractivity contribution >= 4 is 47.7 Å². The lowest BCUT2D eigenvalue weighted by Crippen LogP contribution is -2.34. The first-order valence-electron chi connectivity index (χ1n) is 14.0.